The normalized spacial score (nSPS) is 11.3. The highest BCUT2D eigenvalue weighted by atomic mass is 16.4. The molecule has 0 aromatic heterocycles. The van der Waals surface area contributed by atoms with Crippen molar-refractivity contribution < 1.29 is 14.7 Å². The fourth-order valence-electron chi connectivity index (χ4n) is 2.43. The lowest BCUT2D eigenvalue weighted by atomic mass is 9.97. The first-order chi connectivity index (χ1) is 11.5. The number of amides is 1. The van der Waals surface area contributed by atoms with Crippen molar-refractivity contribution >= 4 is 11.9 Å². The molecule has 0 aliphatic heterocycles. The van der Waals surface area contributed by atoms with Crippen molar-refractivity contribution in [2.75, 3.05) is 7.05 Å². The second-order valence-electron chi connectivity index (χ2n) is 5.58. The molecule has 0 heterocycles. The molecule has 0 unspecified atom stereocenters. The molecular weight excluding hydrogens is 304 g/mol. The van der Waals surface area contributed by atoms with Crippen LogP contribution >= 0.6 is 0 Å². The molecule has 24 heavy (non-hydrogen) atoms. The largest absolute Gasteiger partial charge is 0.481 e. The maximum atomic E-state index is 12.5. The Morgan fingerprint density at radius 2 is 1.71 bits per heavy atom. The predicted molar refractivity (Wildman–Crippen MR) is 88.9 cm³/mol. The standard InChI is InChI=1S/C19H18N2O3/c1-21(13-16-5-3-2-4-6-16)18(22)17(19(23)24)11-14-7-9-15(12-20)10-8-14/h2-10,17H,11,13H2,1H3,(H,23,24)/t17-/m1/s1. The lowest BCUT2D eigenvalue weighted by Gasteiger charge is -2.21. The van der Waals surface area contributed by atoms with E-state index in [1.165, 1.54) is 4.90 Å². The summed E-state index contributed by atoms with van der Waals surface area (Å²) >= 11 is 0. The summed E-state index contributed by atoms with van der Waals surface area (Å²) < 4.78 is 0. The lowest BCUT2D eigenvalue weighted by molar-refractivity contribution is -0.150. The van der Waals surface area contributed by atoms with E-state index in [-0.39, 0.29) is 6.42 Å². The van der Waals surface area contributed by atoms with E-state index in [0.717, 1.165) is 5.56 Å². The molecule has 0 saturated heterocycles. The highest BCUT2D eigenvalue weighted by Crippen LogP contribution is 2.14. The average Bonchev–Trinajstić information content (AvgIpc) is 2.60. The first-order valence-corrected chi connectivity index (χ1v) is 7.52. The number of carbonyl (C=O) groups excluding carboxylic acids is 1. The molecule has 0 radical (unpaired) electrons. The number of hydrogen-bond donors (Lipinski definition) is 1. The van der Waals surface area contributed by atoms with E-state index in [2.05, 4.69) is 0 Å². The zero-order valence-corrected chi connectivity index (χ0v) is 13.3. The molecule has 0 spiro atoms. The van der Waals surface area contributed by atoms with Crippen molar-refractivity contribution in [3.05, 3.63) is 71.3 Å². The van der Waals surface area contributed by atoms with Crippen LogP contribution < -0.4 is 0 Å². The predicted octanol–water partition coefficient (Wildman–Crippen LogP) is 2.46. The van der Waals surface area contributed by atoms with Gasteiger partial charge in [0.15, 0.2) is 0 Å². The third kappa shape index (κ3) is 4.43. The molecule has 122 valence electrons. The molecular formula is C19H18N2O3. The maximum Gasteiger partial charge on any atom is 0.316 e. The van der Waals surface area contributed by atoms with Crippen molar-refractivity contribution in [2.24, 2.45) is 5.92 Å². The van der Waals surface area contributed by atoms with Crippen LogP contribution in [0.1, 0.15) is 16.7 Å². The first-order valence-electron chi connectivity index (χ1n) is 7.52. The fourth-order valence-corrected chi connectivity index (χ4v) is 2.43. The fraction of sp³-hybridized carbons (Fsp3) is 0.211. The quantitative estimate of drug-likeness (QED) is 0.828. The van der Waals surface area contributed by atoms with Crippen LogP contribution in [0.2, 0.25) is 0 Å². The smallest absolute Gasteiger partial charge is 0.316 e. The Labute approximate surface area is 140 Å². The Bertz CT molecular complexity index is 748. The highest BCUT2D eigenvalue weighted by molar-refractivity contribution is 5.97. The average molecular weight is 322 g/mol. The van der Waals surface area contributed by atoms with Crippen molar-refractivity contribution in [2.45, 2.75) is 13.0 Å². The number of hydrogen-bond acceptors (Lipinski definition) is 3. The van der Waals surface area contributed by atoms with E-state index < -0.39 is 17.8 Å². The molecule has 5 heteroatoms. The van der Waals surface area contributed by atoms with Crippen LogP contribution in [-0.4, -0.2) is 28.9 Å². The zero-order chi connectivity index (χ0) is 17.5. The molecule has 0 aliphatic carbocycles. The number of carbonyl (C=O) groups is 2. The summed E-state index contributed by atoms with van der Waals surface area (Å²) in [5, 5.41) is 18.2. The minimum atomic E-state index is -1.15. The van der Waals surface area contributed by atoms with Gasteiger partial charge in [-0.05, 0) is 29.7 Å². The van der Waals surface area contributed by atoms with Gasteiger partial charge in [0.05, 0.1) is 11.6 Å². The Hall–Kier alpha value is -3.13. The molecule has 1 N–H and O–H groups in total. The van der Waals surface area contributed by atoms with E-state index in [9.17, 15) is 14.7 Å². The van der Waals surface area contributed by atoms with E-state index in [1.807, 2.05) is 36.4 Å². The van der Waals surface area contributed by atoms with Crippen molar-refractivity contribution in [1.82, 2.24) is 4.90 Å². The van der Waals surface area contributed by atoms with Gasteiger partial charge in [-0.3, -0.25) is 9.59 Å². The second kappa shape index (κ2) is 7.93. The zero-order valence-electron chi connectivity index (χ0n) is 13.3. The Morgan fingerprint density at radius 3 is 2.25 bits per heavy atom. The van der Waals surface area contributed by atoms with E-state index in [4.69, 9.17) is 5.26 Å². The third-order valence-electron chi connectivity index (χ3n) is 3.76. The highest BCUT2D eigenvalue weighted by Gasteiger charge is 2.29. The van der Waals surface area contributed by atoms with Crippen molar-refractivity contribution in [3.8, 4) is 6.07 Å². The summed E-state index contributed by atoms with van der Waals surface area (Å²) in [4.78, 5) is 25.5. The molecule has 2 aromatic carbocycles. The number of nitrogens with zero attached hydrogens (tertiary/aromatic N) is 2. The lowest BCUT2D eigenvalue weighted by Crippen LogP contribution is -2.37. The minimum absolute atomic E-state index is 0.0962. The Morgan fingerprint density at radius 1 is 1.08 bits per heavy atom. The third-order valence-corrected chi connectivity index (χ3v) is 3.76. The molecule has 0 fully saturated rings. The van der Waals surface area contributed by atoms with Gasteiger partial charge in [0.25, 0.3) is 0 Å². The molecule has 0 bridgehead atoms. The monoisotopic (exact) mass is 322 g/mol. The molecule has 0 aliphatic rings. The molecule has 0 saturated carbocycles. The van der Waals surface area contributed by atoms with Gasteiger partial charge in [0.2, 0.25) is 5.91 Å². The summed E-state index contributed by atoms with van der Waals surface area (Å²) in [7, 11) is 1.60. The van der Waals surface area contributed by atoms with Crippen LogP contribution in [0.25, 0.3) is 0 Å². The van der Waals surface area contributed by atoms with Crippen LogP contribution in [0.15, 0.2) is 54.6 Å². The number of carboxylic acids is 1. The van der Waals surface area contributed by atoms with Crippen molar-refractivity contribution in [1.29, 1.82) is 5.26 Å². The summed E-state index contributed by atoms with van der Waals surface area (Å²) in [5.41, 5.74) is 2.15. The van der Waals surface area contributed by atoms with Gasteiger partial charge < -0.3 is 10.0 Å². The molecule has 2 aromatic rings. The SMILES string of the molecule is CN(Cc1ccccc1)C(=O)[C@@H](Cc1ccc(C#N)cc1)C(=O)O. The van der Waals surface area contributed by atoms with Crippen LogP contribution in [-0.2, 0) is 22.6 Å². The second-order valence-corrected chi connectivity index (χ2v) is 5.58. The summed E-state index contributed by atoms with van der Waals surface area (Å²) in [5.74, 6) is -2.73. The summed E-state index contributed by atoms with van der Waals surface area (Å²) in [6, 6.07) is 18.0. The summed E-state index contributed by atoms with van der Waals surface area (Å²) in [6.45, 7) is 0.358. The summed E-state index contributed by atoms with van der Waals surface area (Å²) in [6.07, 6.45) is 0.0962. The number of carboxylic acid groups (broad SMARTS) is 1. The number of aliphatic carboxylic acids is 1. The number of benzene rings is 2. The molecule has 1 amide bonds. The topological polar surface area (TPSA) is 81.4 Å². The first kappa shape index (κ1) is 17.2. The van der Waals surface area contributed by atoms with Gasteiger partial charge in [0.1, 0.15) is 5.92 Å². The minimum Gasteiger partial charge on any atom is -0.481 e. The van der Waals surface area contributed by atoms with Crippen LogP contribution in [0.5, 0.6) is 0 Å². The van der Waals surface area contributed by atoms with Gasteiger partial charge >= 0.3 is 5.97 Å². The van der Waals surface area contributed by atoms with Crippen LogP contribution in [0, 0.1) is 17.2 Å². The van der Waals surface area contributed by atoms with Gasteiger partial charge in [-0.1, -0.05) is 42.5 Å². The van der Waals surface area contributed by atoms with Crippen LogP contribution in [0.3, 0.4) is 0 Å². The van der Waals surface area contributed by atoms with Gasteiger partial charge in [-0.2, -0.15) is 5.26 Å². The number of rotatable bonds is 6. The molecule has 2 rings (SSSR count). The van der Waals surface area contributed by atoms with Crippen LogP contribution in [0.4, 0.5) is 0 Å². The van der Waals surface area contributed by atoms with E-state index in [0.29, 0.717) is 17.7 Å². The van der Waals surface area contributed by atoms with E-state index >= 15 is 0 Å². The maximum absolute atomic E-state index is 12.5. The van der Waals surface area contributed by atoms with Crippen molar-refractivity contribution in [3.63, 3.8) is 0 Å². The molecule has 1 atom stereocenters. The number of nitriles is 1. The Balaban J connectivity index is 2.09. The van der Waals surface area contributed by atoms with Gasteiger partial charge in [0, 0.05) is 13.6 Å². The van der Waals surface area contributed by atoms with Gasteiger partial charge in [-0.15, -0.1) is 0 Å². The van der Waals surface area contributed by atoms with E-state index in [1.54, 1.807) is 31.3 Å². The van der Waals surface area contributed by atoms with Gasteiger partial charge in [-0.25, -0.2) is 0 Å². The Kier molecular flexibility index (Phi) is 5.69. The molecule has 5 nitrogen and oxygen atoms in total.